The van der Waals surface area contributed by atoms with Gasteiger partial charge in [0.2, 0.25) is 0 Å². The second-order valence-electron chi connectivity index (χ2n) is 6.21. The van der Waals surface area contributed by atoms with Gasteiger partial charge in [-0.15, -0.1) is 0 Å². The molecule has 1 aliphatic heterocycles. The van der Waals surface area contributed by atoms with Gasteiger partial charge < -0.3 is 9.64 Å². The molecule has 3 rings (SSSR count). The highest BCUT2D eigenvalue weighted by atomic mass is 32.2. The van der Waals surface area contributed by atoms with Gasteiger partial charge in [-0.2, -0.15) is 13.2 Å². The Morgan fingerprint density at radius 2 is 1.93 bits per heavy atom. The first-order valence-corrected chi connectivity index (χ1v) is 10.7. The highest BCUT2D eigenvalue weighted by molar-refractivity contribution is 7.92. The average molecular weight is 436 g/mol. The van der Waals surface area contributed by atoms with Crippen LogP contribution in [0.15, 0.2) is 34.5 Å². The van der Waals surface area contributed by atoms with Crippen LogP contribution in [0, 0.1) is 10.1 Å². The van der Waals surface area contributed by atoms with E-state index in [2.05, 4.69) is 0 Å². The Morgan fingerprint density at radius 1 is 1.29 bits per heavy atom. The molecule has 1 aromatic carbocycles. The summed E-state index contributed by atoms with van der Waals surface area (Å²) in [7, 11) is -3.61. The van der Waals surface area contributed by atoms with Crippen molar-refractivity contribution in [1.82, 2.24) is 0 Å². The maximum absolute atomic E-state index is 12.7. The van der Waals surface area contributed by atoms with Crippen LogP contribution in [0.3, 0.4) is 0 Å². The smallest absolute Gasteiger partial charge is 0.370 e. The van der Waals surface area contributed by atoms with Crippen molar-refractivity contribution in [3.63, 3.8) is 0 Å². The van der Waals surface area contributed by atoms with Crippen molar-refractivity contribution in [2.45, 2.75) is 16.5 Å². The summed E-state index contributed by atoms with van der Waals surface area (Å²) in [5, 5.41) is 11.5. The molecule has 0 amide bonds. The molecule has 0 spiro atoms. The summed E-state index contributed by atoms with van der Waals surface area (Å²) in [5.74, 6) is 0. The molecule has 1 fully saturated rings. The van der Waals surface area contributed by atoms with Crippen LogP contribution in [-0.4, -0.2) is 39.3 Å². The Kier molecular flexibility index (Phi) is 5.38. The maximum atomic E-state index is 12.7. The number of ether oxygens (including phenoxy) is 1. The van der Waals surface area contributed by atoms with E-state index in [9.17, 15) is 31.7 Å². The van der Waals surface area contributed by atoms with E-state index >= 15 is 0 Å². The molecular formula is C16H15F3N2O5S2. The van der Waals surface area contributed by atoms with E-state index in [1.807, 2.05) is 0 Å². The van der Waals surface area contributed by atoms with Crippen LogP contribution < -0.4 is 4.90 Å². The van der Waals surface area contributed by atoms with Gasteiger partial charge in [-0.1, -0.05) is 23.5 Å². The van der Waals surface area contributed by atoms with Crippen molar-refractivity contribution in [3.8, 4) is 0 Å². The molecule has 0 saturated carbocycles. The van der Waals surface area contributed by atoms with E-state index in [0.29, 0.717) is 12.1 Å². The lowest BCUT2D eigenvalue weighted by Crippen LogP contribution is -2.38. The number of rotatable bonds is 4. The minimum atomic E-state index is -4.45. The van der Waals surface area contributed by atoms with Gasteiger partial charge >= 0.3 is 11.9 Å². The lowest BCUT2D eigenvalue weighted by Gasteiger charge is -2.33. The Labute approximate surface area is 162 Å². The lowest BCUT2D eigenvalue weighted by molar-refractivity contribution is -0.383. The Hall–Kier alpha value is -2.18. The number of sulfone groups is 1. The fourth-order valence-electron chi connectivity index (χ4n) is 2.81. The summed E-state index contributed by atoms with van der Waals surface area (Å²) in [5.41, 5.74) is -0.602. The summed E-state index contributed by atoms with van der Waals surface area (Å²) in [6.07, 6.45) is -4.08. The summed E-state index contributed by atoms with van der Waals surface area (Å²) >= 11 is 0.796. The quantitative estimate of drug-likeness (QED) is 0.537. The standard InChI is InChI=1S/C16H15F3N2O5S2/c1-28(24,25)14-8-12(21(22)23)15(27-14)20-6-7-26-13(9-20)10-2-4-11(5-3-10)16(17,18)19/h2-5,8,13H,6-7,9H2,1H3. The number of nitro groups is 1. The summed E-state index contributed by atoms with van der Waals surface area (Å²) < 4.78 is 67.1. The van der Waals surface area contributed by atoms with Crippen molar-refractivity contribution in [1.29, 1.82) is 0 Å². The lowest BCUT2D eigenvalue weighted by atomic mass is 10.1. The van der Waals surface area contributed by atoms with E-state index in [1.54, 1.807) is 4.90 Å². The molecule has 2 heterocycles. The zero-order valence-electron chi connectivity index (χ0n) is 14.5. The van der Waals surface area contributed by atoms with Gasteiger partial charge in [0.05, 0.1) is 17.1 Å². The number of anilines is 1. The molecule has 1 atom stereocenters. The van der Waals surface area contributed by atoms with Crippen molar-refractivity contribution in [2.24, 2.45) is 0 Å². The number of nitrogens with zero attached hydrogens (tertiary/aromatic N) is 2. The molecule has 12 heteroatoms. The first-order valence-electron chi connectivity index (χ1n) is 7.99. The number of benzene rings is 1. The Morgan fingerprint density at radius 3 is 2.46 bits per heavy atom. The van der Waals surface area contributed by atoms with E-state index in [0.717, 1.165) is 35.8 Å². The molecule has 2 aromatic rings. The van der Waals surface area contributed by atoms with E-state index in [4.69, 9.17) is 4.74 Å². The minimum Gasteiger partial charge on any atom is -0.370 e. The molecule has 7 nitrogen and oxygen atoms in total. The largest absolute Gasteiger partial charge is 0.416 e. The zero-order chi connectivity index (χ0) is 20.7. The molecule has 152 valence electrons. The molecule has 1 aromatic heterocycles. The first kappa shape index (κ1) is 20.6. The van der Waals surface area contributed by atoms with Gasteiger partial charge in [0, 0.05) is 25.4 Å². The van der Waals surface area contributed by atoms with Gasteiger partial charge in [-0.3, -0.25) is 10.1 Å². The Bertz CT molecular complexity index is 987. The third-order valence-electron chi connectivity index (χ3n) is 4.20. The van der Waals surface area contributed by atoms with Crippen LogP contribution in [0.5, 0.6) is 0 Å². The average Bonchev–Trinajstić information content (AvgIpc) is 3.07. The van der Waals surface area contributed by atoms with Crippen LogP contribution in [0.25, 0.3) is 0 Å². The number of halogens is 3. The second-order valence-corrected chi connectivity index (χ2v) is 9.48. The van der Waals surface area contributed by atoms with Gasteiger partial charge in [0.15, 0.2) is 14.8 Å². The van der Waals surface area contributed by atoms with Crippen molar-refractivity contribution < 1.29 is 31.2 Å². The van der Waals surface area contributed by atoms with E-state index < -0.39 is 32.6 Å². The minimum absolute atomic E-state index is 0.119. The highest BCUT2D eigenvalue weighted by Crippen LogP contribution is 2.41. The summed E-state index contributed by atoms with van der Waals surface area (Å²) in [6.45, 7) is 0.632. The second kappa shape index (κ2) is 7.33. The fraction of sp³-hybridized carbons (Fsp3) is 0.375. The SMILES string of the molecule is CS(=O)(=O)c1cc([N+](=O)[O-])c(N2CCOC(c3ccc(C(F)(F)F)cc3)C2)s1. The molecule has 0 bridgehead atoms. The maximum Gasteiger partial charge on any atom is 0.416 e. The molecule has 1 aliphatic rings. The number of hydrogen-bond acceptors (Lipinski definition) is 7. The number of hydrogen-bond donors (Lipinski definition) is 0. The zero-order valence-corrected chi connectivity index (χ0v) is 16.1. The normalized spacial score (nSPS) is 18.3. The first-order chi connectivity index (χ1) is 13.0. The van der Waals surface area contributed by atoms with Crippen LogP contribution >= 0.6 is 11.3 Å². The third-order valence-corrected chi connectivity index (χ3v) is 7.18. The molecular weight excluding hydrogens is 421 g/mol. The van der Waals surface area contributed by atoms with E-state index in [1.165, 1.54) is 12.1 Å². The molecule has 0 radical (unpaired) electrons. The molecule has 0 N–H and O–H groups in total. The molecule has 1 saturated heterocycles. The topological polar surface area (TPSA) is 89.8 Å². The predicted octanol–water partition coefficient (Wildman–Crippen LogP) is 3.66. The number of morpholine rings is 1. The third kappa shape index (κ3) is 4.28. The van der Waals surface area contributed by atoms with Gasteiger partial charge in [0.1, 0.15) is 10.3 Å². The van der Waals surface area contributed by atoms with Gasteiger partial charge in [-0.25, -0.2) is 8.42 Å². The molecule has 0 aliphatic carbocycles. The number of thiophene rings is 1. The predicted molar refractivity (Wildman–Crippen MR) is 96.4 cm³/mol. The summed E-state index contributed by atoms with van der Waals surface area (Å²) in [6, 6.07) is 5.54. The summed E-state index contributed by atoms with van der Waals surface area (Å²) in [4.78, 5) is 12.3. The monoisotopic (exact) mass is 436 g/mol. The van der Waals surface area contributed by atoms with Crippen molar-refractivity contribution >= 4 is 31.9 Å². The van der Waals surface area contributed by atoms with Gasteiger partial charge in [-0.05, 0) is 17.7 Å². The molecule has 1 unspecified atom stereocenters. The fourth-order valence-corrected chi connectivity index (χ4v) is 4.87. The van der Waals surface area contributed by atoms with Crippen LogP contribution in [0.2, 0.25) is 0 Å². The van der Waals surface area contributed by atoms with Crippen molar-refractivity contribution in [3.05, 3.63) is 51.6 Å². The van der Waals surface area contributed by atoms with Gasteiger partial charge in [0.25, 0.3) is 0 Å². The number of alkyl halides is 3. The van der Waals surface area contributed by atoms with Crippen LogP contribution in [-0.2, 0) is 20.8 Å². The van der Waals surface area contributed by atoms with Crippen LogP contribution in [0.1, 0.15) is 17.2 Å². The van der Waals surface area contributed by atoms with E-state index in [-0.39, 0.29) is 28.0 Å². The molecule has 28 heavy (non-hydrogen) atoms. The Balaban J connectivity index is 1.88. The highest BCUT2D eigenvalue weighted by Gasteiger charge is 2.33. The van der Waals surface area contributed by atoms with Crippen LogP contribution in [0.4, 0.5) is 23.9 Å². The van der Waals surface area contributed by atoms with Crippen molar-refractivity contribution in [2.75, 3.05) is 30.9 Å².